The molecule has 3 aromatic rings. The molecule has 4 nitrogen and oxygen atoms in total. The SMILES string of the molecule is Cc1cccc(C(C)C)c1NC(=O)c1ccc(OCc2cscn2)cc1. The van der Waals surface area contributed by atoms with Gasteiger partial charge >= 0.3 is 0 Å². The van der Waals surface area contributed by atoms with Crippen molar-refractivity contribution in [3.8, 4) is 5.75 Å². The van der Waals surface area contributed by atoms with Crippen LogP contribution in [0.15, 0.2) is 53.4 Å². The molecule has 1 aromatic heterocycles. The van der Waals surface area contributed by atoms with Gasteiger partial charge in [0, 0.05) is 16.6 Å². The zero-order chi connectivity index (χ0) is 18.5. The molecule has 0 atom stereocenters. The van der Waals surface area contributed by atoms with Gasteiger partial charge in [0.25, 0.3) is 5.91 Å². The highest BCUT2D eigenvalue weighted by Crippen LogP contribution is 2.28. The van der Waals surface area contributed by atoms with Gasteiger partial charge in [0.1, 0.15) is 12.4 Å². The Morgan fingerprint density at radius 1 is 1.19 bits per heavy atom. The van der Waals surface area contributed by atoms with E-state index in [1.807, 2.05) is 36.6 Å². The molecule has 2 aromatic carbocycles. The van der Waals surface area contributed by atoms with Crippen molar-refractivity contribution in [1.29, 1.82) is 0 Å². The Morgan fingerprint density at radius 2 is 1.96 bits per heavy atom. The van der Waals surface area contributed by atoms with E-state index in [0.29, 0.717) is 23.8 Å². The van der Waals surface area contributed by atoms with Gasteiger partial charge in [-0.15, -0.1) is 11.3 Å². The van der Waals surface area contributed by atoms with Gasteiger partial charge in [0.15, 0.2) is 0 Å². The Kier molecular flexibility index (Phi) is 5.68. The highest BCUT2D eigenvalue weighted by molar-refractivity contribution is 7.07. The molecule has 0 saturated heterocycles. The van der Waals surface area contributed by atoms with Crippen molar-refractivity contribution in [3.05, 3.63) is 75.7 Å². The predicted molar refractivity (Wildman–Crippen MR) is 106 cm³/mol. The Labute approximate surface area is 157 Å². The van der Waals surface area contributed by atoms with Crippen LogP contribution in [0.25, 0.3) is 0 Å². The van der Waals surface area contributed by atoms with Crippen LogP contribution >= 0.6 is 11.3 Å². The number of aromatic nitrogens is 1. The average Bonchev–Trinajstić information content (AvgIpc) is 3.15. The summed E-state index contributed by atoms with van der Waals surface area (Å²) in [6, 6.07) is 13.3. The summed E-state index contributed by atoms with van der Waals surface area (Å²) in [7, 11) is 0. The van der Waals surface area contributed by atoms with Crippen molar-refractivity contribution in [3.63, 3.8) is 0 Å². The maximum absolute atomic E-state index is 12.6. The van der Waals surface area contributed by atoms with Crippen LogP contribution in [0.4, 0.5) is 5.69 Å². The van der Waals surface area contributed by atoms with E-state index < -0.39 is 0 Å². The van der Waals surface area contributed by atoms with E-state index in [1.54, 1.807) is 29.0 Å². The normalized spacial score (nSPS) is 10.8. The molecule has 0 fully saturated rings. The number of thiazole rings is 1. The van der Waals surface area contributed by atoms with Gasteiger partial charge in [-0.3, -0.25) is 4.79 Å². The van der Waals surface area contributed by atoms with Crippen molar-refractivity contribution in [2.24, 2.45) is 0 Å². The molecule has 0 unspecified atom stereocenters. The molecule has 1 heterocycles. The van der Waals surface area contributed by atoms with Crippen molar-refractivity contribution < 1.29 is 9.53 Å². The first-order chi connectivity index (χ1) is 12.5. The minimum atomic E-state index is -0.118. The molecule has 5 heteroatoms. The fourth-order valence-electron chi connectivity index (χ4n) is 2.70. The lowest BCUT2D eigenvalue weighted by Gasteiger charge is -2.16. The third-order valence-corrected chi connectivity index (χ3v) is 4.79. The van der Waals surface area contributed by atoms with E-state index in [0.717, 1.165) is 22.5 Å². The zero-order valence-corrected chi connectivity index (χ0v) is 16.0. The number of para-hydroxylation sites is 1. The lowest BCUT2D eigenvalue weighted by Crippen LogP contribution is -2.14. The highest BCUT2D eigenvalue weighted by Gasteiger charge is 2.13. The van der Waals surface area contributed by atoms with E-state index in [1.165, 1.54) is 0 Å². The van der Waals surface area contributed by atoms with Gasteiger partial charge in [-0.05, 0) is 48.2 Å². The van der Waals surface area contributed by atoms with Gasteiger partial charge in [-0.1, -0.05) is 32.0 Å². The number of nitrogens with one attached hydrogen (secondary N) is 1. The van der Waals surface area contributed by atoms with E-state index >= 15 is 0 Å². The smallest absolute Gasteiger partial charge is 0.255 e. The summed E-state index contributed by atoms with van der Waals surface area (Å²) >= 11 is 1.54. The Balaban J connectivity index is 1.69. The van der Waals surface area contributed by atoms with E-state index in [2.05, 4.69) is 30.2 Å². The number of rotatable bonds is 6. The van der Waals surface area contributed by atoms with Gasteiger partial charge < -0.3 is 10.1 Å². The molecule has 0 aliphatic carbocycles. The lowest BCUT2D eigenvalue weighted by molar-refractivity contribution is 0.102. The molecule has 3 rings (SSSR count). The first-order valence-corrected chi connectivity index (χ1v) is 9.49. The standard InChI is InChI=1S/C21H22N2O2S/c1-14(2)19-6-4-5-15(3)20(19)23-21(24)16-7-9-18(10-8-16)25-11-17-12-26-13-22-17/h4-10,12-14H,11H2,1-3H3,(H,23,24). The van der Waals surface area contributed by atoms with Crippen LogP contribution < -0.4 is 10.1 Å². The quantitative estimate of drug-likeness (QED) is 0.635. The molecule has 0 spiro atoms. The van der Waals surface area contributed by atoms with Crippen molar-refractivity contribution in [1.82, 2.24) is 4.98 Å². The Hall–Kier alpha value is -2.66. The number of carbonyl (C=O) groups is 1. The third-order valence-electron chi connectivity index (χ3n) is 4.15. The summed E-state index contributed by atoms with van der Waals surface area (Å²) < 4.78 is 5.69. The van der Waals surface area contributed by atoms with E-state index in [4.69, 9.17) is 4.74 Å². The number of hydrogen-bond acceptors (Lipinski definition) is 4. The van der Waals surface area contributed by atoms with Crippen LogP contribution in [0.3, 0.4) is 0 Å². The topological polar surface area (TPSA) is 51.2 Å². The van der Waals surface area contributed by atoms with Crippen LogP contribution in [0, 0.1) is 6.92 Å². The number of benzene rings is 2. The summed E-state index contributed by atoms with van der Waals surface area (Å²) in [5.74, 6) is 0.937. The summed E-state index contributed by atoms with van der Waals surface area (Å²) in [5.41, 5.74) is 6.38. The highest BCUT2D eigenvalue weighted by atomic mass is 32.1. The monoisotopic (exact) mass is 366 g/mol. The number of hydrogen-bond donors (Lipinski definition) is 1. The van der Waals surface area contributed by atoms with Crippen LogP contribution in [0.2, 0.25) is 0 Å². The lowest BCUT2D eigenvalue weighted by atomic mass is 9.98. The van der Waals surface area contributed by atoms with Crippen LogP contribution in [0.1, 0.15) is 46.9 Å². The fourth-order valence-corrected chi connectivity index (χ4v) is 3.24. The second-order valence-corrected chi connectivity index (χ2v) is 7.16. The first kappa shape index (κ1) is 18.1. The Morgan fingerprint density at radius 3 is 2.62 bits per heavy atom. The predicted octanol–water partition coefficient (Wildman–Crippen LogP) is 5.41. The molecule has 0 bridgehead atoms. The fraction of sp³-hybridized carbons (Fsp3) is 0.238. The molecule has 26 heavy (non-hydrogen) atoms. The minimum Gasteiger partial charge on any atom is -0.487 e. The largest absolute Gasteiger partial charge is 0.487 e. The number of nitrogens with zero attached hydrogens (tertiary/aromatic N) is 1. The molecule has 0 saturated carbocycles. The maximum Gasteiger partial charge on any atom is 0.255 e. The second-order valence-electron chi connectivity index (χ2n) is 6.44. The molecule has 1 N–H and O–H groups in total. The second kappa shape index (κ2) is 8.15. The van der Waals surface area contributed by atoms with Crippen LogP contribution in [0.5, 0.6) is 5.75 Å². The molecule has 134 valence electrons. The summed E-state index contributed by atoms with van der Waals surface area (Å²) in [4.78, 5) is 16.8. The molecular formula is C21H22N2O2S. The average molecular weight is 366 g/mol. The number of anilines is 1. The van der Waals surface area contributed by atoms with Gasteiger partial charge in [-0.2, -0.15) is 0 Å². The molecule has 0 radical (unpaired) electrons. The zero-order valence-electron chi connectivity index (χ0n) is 15.2. The maximum atomic E-state index is 12.6. The number of aryl methyl sites for hydroxylation is 1. The van der Waals surface area contributed by atoms with Crippen molar-refractivity contribution >= 4 is 22.9 Å². The van der Waals surface area contributed by atoms with Gasteiger partial charge in [-0.25, -0.2) is 4.98 Å². The van der Waals surface area contributed by atoms with Gasteiger partial charge in [0.2, 0.25) is 0 Å². The number of carbonyl (C=O) groups excluding carboxylic acids is 1. The first-order valence-electron chi connectivity index (χ1n) is 8.55. The summed E-state index contributed by atoms with van der Waals surface area (Å²) in [6.07, 6.45) is 0. The van der Waals surface area contributed by atoms with Crippen molar-refractivity contribution in [2.75, 3.05) is 5.32 Å². The molecule has 1 amide bonds. The van der Waals surface area contributed by atoms with Gasteiger partial charge in [0.05, 0.1) is 11.2 Å². The van der Waals surface area contributed by atoms with E-state index in [9.17, 15) is 4.79 Å². The van der Waals surface area contributed by atoms with E-state index in [-0.39, 0.29) is 5.91 Å². The third kappa shape index (κ3) is 4.29. The van der Waals surface area contributed by atoms with Crippen molar-refractivity contribution in [2.45, 2.75) is 33.3 Å². The summed E-state index contributed by atoms with van der Waals surface area (Å²) in [6.45, 7) is 6.69. The molecular weight excluding hydrogens is 344 g/mol. The molecule has 0 aliphatic rings. The number of ether oxygens (including phenoxy) is 1. The van der Waals surface area contributed by atoms with Crippen LogP contribution in [-0.2, 0) is 6.61 Å². The van der Waals surface area contributed by atoms with Crippen LogP contribution in [-0.4, -0.2) is 10.9 Å². The summed E-state index contributed by atoms with van der Waals surface area (Å²) in [5, 5.41) is 5.02. The number of amides is 1. The molecule has 0 aliphatic heterocycles. The Bertz CT molecular complexity index is 872. The minimum absolute atomic E-state index is 0.118.